The third-order valence-electron chi connectivity index (χ3n) is 2.69. The summed E-state index contributed by atoms with van der Waals surface area (Å²) < 4.78 is 11.4. The first-order chi connectivity index (χ1) is 9.67. The van der Waals surface area contributed by atoms with E-state index >= 15 is 0 Å². The maximum atomic E-state index is 12.4. The molecule has 1 heterocycles. The normalized spacial score (nSPS) is 10.5. The van der Waals surface area contributed by atoms with Gasteiger partial charge >= 0.3 is 5.97 Å². The molecule has 0 fully saturated rings. The molecule has 2 rings (SSSR count). The average Bonchev–Trinajstić information content (AvgIpc) is 2.44. The molecule has 20 heavy (non-hydrogen) atoms. The Morgan fingerprint density at radius 1 is 1.25 bits per heavy atom. The summed E-state index contributed by atoms with van der Waals surface area (Å²) in [7, 11) is 0. The molecule has 2 aromatic rings. The molecule has 0 aliphatic rings. The van der Waals surface area contributed by atoms with Gasteiger partial charge in [0.1, 0.15) is 6.54 Å². The molecule has 0 amide bonds. The second-order valence-corrected chi connectivity index (χ2v) is 4.04. The molecule has 1 aromatic heterocycles. The van der Waals surface area contributed by atoms with Crippen LogP contribution in [0.5, 0.6) is 6.01 Å². The number of benzene rings is 1. The zero-order chi connectivity index (χ0) is 14.5. The second kappa shape index (κ2) is 6.18. The van der Waals surface area contributed by atoms with E-state index in [-0.39, 0.29) is 24.7 Å². The molecule has 6 nitrogen and oxygen atoms in total. The van der Waals surface area contributed by atoms with Crippen LogP contribution in [0.15, 0.2) is 29.1 Å². The predicted molar refractivity (Wildman–Crippen MR) is 73.8 cm³/mol. The quantitative estimate of drug-likeness (QED) is 0.771. The number of rotatable bonds is 5. The van der Waals surface area contributed by atoms with Crippen LogP contribution in [0.1, 0.15) is 13.8 Å². The molecule has 0 aliphatic carbocycles. The third-order valence-corrected chi connectivity index (χ3v) is 2.69. The molecule has 0 bridgehead atoms. The molecule has 0 aliphatic heterocycles. The zero-order valence-corrected chi connectivity index (χ0v) is 11.5. The first-order valence-corrected chi connectivity index (χ1v) is 6.45. The van der Waals surface area contributed by atoms with Crippen molar-refractivity contribution in [2.75, 3.05) is 13.2 Å². The number of hydrogen-bond acceptors (Lipinski definition) is 5. The molecule has 1 aromatic carbocycles. The van der Waals surface area contributed by atoms with Crippen molar-refractivity contribution in [2.24, 2.45) is 0 Å². The Bertz CT molecular complexity index is 678. The van der Waals surface area contributed by atoms with Crippen molar-refractivity contribution >= 4 is 16.9 Å². The lowest BCUT2D eigenvalue weighted by Gasteiger charge is -2.12. The lowest BCUT2D eigenvalue weighted by molar-refractivity contribution is -0.144. The number of carbonyl (C=O) groups excluding carboxylic acids is 1. The van der Waals surface area contributed by atoms with Crippen molar-refractivity contribution in [3.8, 4) is 6.01 Å². The monoisotopic (exact) mass is 276 g/mol. The van der Waals surface area contributed by atoms with Gasteiger partial charge in [0, 0.05) is 0 Å². The van der Waals surface area contributed by atoms with Crippen LogP contribution in [0.4, 0.5) is 0 Å². The van der Waals surface area contributed by atoms with Crippen LogP contribution in [0.2, 0.25) is 0 Å². The lowest BCUT2D eigenvalue weighted by Crippen LogP contribution is -2.28. The van der Waals surface area contributed by atoms with E-state index in [1.165, 1.54) is 4.57 Å². The Kier molecular flexibility index (Phi) is 4.34. The largest absolute Gasteiger partial charge is 0.465 e. The van der Waals surface area contributed by atoms with E-state index in [2.05, 4.69) is 4.98 Å². The fourth-order valence-electron chi connectivity index (χ4n) is 1.86. The minimum Gasteiger partial charge on any atom is -0.465 e. The van der Waals surface area contributed by atoms with E-state index in [1.54, 1.807) is 38.1 Å². The van der Waals surface area contributed by atoms with E-state index in [4.69, 9.17) is 9.47 Å². The number of para-hydroxylation sites is 1. The molecule has 0 saturated carbocycles. The molecular formula is C14H16N2O4. The highest BCUT2D eigenvalue weighted by molar-refractivity contribution is 5.78. The summed E-state index contributed by atoms with van der Waals surface area (Å²) in [5.74, 6) is -0.493. The molecular weight excluding hydrogens is 260 g/mol. The summed E-state index contributed by atoms with van der Waals surface area (Å²) in [6, 6.07) is 7.07. The second-order valence-electron chi connectivity index (χ2n) is 4.04. The minimum absolute atomic E-state index is 0.129. The fraction of sp³-hybridized carbons (Fsp3) is 0.357. The maximum Gasteiger partial charge on any atom is 0.326 e. The van der Waals surface area contributed by atoms with Gasteiger partial charge < -0.3 is 9.47 Å². The number of hydrogen-bond donors (Lipinski definition) is 0. The number of nitrogens with zero attached hydrogens (tertiary/aromatic N) is 2. The first kappa shape index (κ1) is 14.0. The number of fused-ring (bicyclic) bond motifs is 1. The summed E-state index contributed by atoms with van der Waals surface area (Å²) in [5, 5.41) is 0.445. The molecule has 0 unspecified atom stereocenters. The Morgan fingerprint density at radius 2 is 2.00 bits per heavy atom. The van der Waals surface area contributed by atoms with Gasteiger partial charge in [0.15, 0.2) is 0 Å². The number of aromatic nitrogens is 2. The van der Waals surface area contributed by atoms with Crippen molar-refractivity contribution < 1.29 is 14.3 Å². The minimum atomic E-state index is -0.493. The van der Waals surface area contributed by atoms with E-state index in [1.807, 2.05) is 0 Å². The Hall–Kier alpha value is -2.37. The van der Waals surface area contributed by atoms with E-state index in [0.717, 1.165) is 0 Å². The number of carbonyl (C=O) groups is 1. The molecule has 106 valence electrons. The summed E-state index contributed by atoms with van der Waals surface area (Å²) in [6.07, 6.45) is 0. The zero-order valence-electron chi connectivity index (χ0n) is 11.5. The summed E-state index contributed by atoms with van der Waals surface area (Å²) >= 11 is 0. The van der Waals surface area contributed by atoms with Crippen molar-refractivity contribution in [1.82, 2.24) is 9.55 Å². The van der Waals surface area contributed by atoms with Gasteiger partial charge in [-0.1, -0.05) is 12.1 Å². The summed E-state index contributed by atoms with van der Waals surface area (Å²) in [4.78, 5) is 28.3. The SMILES string of the molecule is CCOC(=O)Cn1c(OCC)nc2ccccc2c1=O. The van der Waals surface area contributed by atoms with Gasteiger partial charge in [0.25, 0.3) is 11.6 Å². The molecule has 6 heteroatoms. The van der Waals surface area contributed by atoms with Crippen LogP contribution in [-0.4, -0.2) is 28.7 Å². The predicted octanol–water partition coefficient (Wildman–Crippen LogP) is 1.36. The lowest BCUT2D eigenvalue weighted by atomic mass is 10.2. The van der Waals surface area contributed by atoms with E-state index in [9.17, 15) is 9.59 Å². The molecule has 0 N–H and O–H groups in total. The van der Waals surface area contributed by atoms with Crippen LogP contribution in [-0.2, 0) is 16.1 Å². The van der Waals surface area contributed by atoms with Gasteiger partial charge in [-0.25, -0.2) is 0 Å². The summed E-state index contributed by atoms with van der Waals surface area (Å²) in [6.45, 7) is 3.91. The molecule has 0 radical (unpaired) electrons. The highest BCUT2D eigenvalue weighted by Crippen LogP contribution is 2.12. The van der Waals surface area contributed by atoms with Crippen molar-refractivity contribution in [3.63, 3.8) is 0 Å². The van der Waals surface area contributed by atoms with Crippen LogP contribution in [0.3, 0.4) is 0 Å². The van der Waals surface area contributed by atoms with E-state index in [0.29, 0.717) is 17.5 Å². The maximum absolute atomic E-state index is 12.4. The average molecular weight is 276 g/mol. The fourth-order valence-corrected chi connectivity index (χ4v) is 1.86. The van der Waals surface area contributed by atoms with Crippen molar-refractivity contribution in [1.29, 1.82) is 0 Å². The van der Waals surface area contributed by atoms with Gasteiger partial charge in [-0.05, 0) is 26.0 Å². The van der Waals surface area contributed by atoms with Crippen LogP contribution >= 0.6 is 0 Å². The Balaban J connectivity index is 2.54. The van der Waals surface area contributed by atoms with Gasteiger partial charge in [0.2, 0.25) is 0 Å². The molecule has 0 saturated heterocycles. The van der Waals surface area contributed by atoms with Gasteiger partial charge in [-0.15, -0.1) is 0 Å². The summed E-state index contributed by atoms with van der Waals surface area (Å²) in [5.41, 5.74) is 0.230. The number of esters is 1. The van der Waals surface area contributed by atoms with Crippen molar-refractivity contribution in [3.05, 3.63) is 34.6 Å². The van der Waals surface area contributed by atoms with Gasteiger partial charge in [0.05, 0.1) is 24.1 Å². The van der Waals surface area contributed by atoms with Gasteiger partial charge in [-0.2, -0.15) is 4.98 Å². The van der Waals surface area contributed by atoms with Crippen LogP contribution < -0.4 is 10.3 Å². The third kappa shape index (κ3) is 2.79. The standard InChI is InChI=1S/C14H16N2O4/c1-3-19-12(17)9-16-13(18)10-7-5-6-8-11(10)15-14(16)20-4-2/h5-8H,3-4,9H2,1-2H3. The van der Waals surface area contributed by atoms with Crippen LogP contribution in [0, 0.1) is 0 Å². The first-order valence-electron chi connectivity index (χ1n) is 6.45. The van der Waals surface area contributed by atoms with E-state index < -0.39 is 5.97 Å². The van der Waals surface area contributed by atoms with Crippen molar-refractivity contribution in [2.45, 2.75) is 20.4 Å². The molecule has 0 atom stereocenters. The highest BCUT2D eigenvalue weighted by atomic mass is 16.5. The smallest absolute Gasteiger partial charge is 0.326 e. The number of ether oxygens (including phenoxy) is 2. The molecule has 0 spiro atoms. The van der Waals surface area contributed by atoms with Gasteiger partial charge in [-0.3, -0.25) is 14.2 Å². The Labute approximate surface area is 116 Å². The Morgan fingerprint density at radius 3 is 2.70 bits per heavy atom. The topological polar surface area (TPSA) is 70.4 Å². The van der Waals surface area contributed by atoms with Crippen LogP contribution in [0.25, 0.3) is 10.9 Å². The highest BCUT2D eigenvalue weighted by Gasteiger charge is 2.15.